The molecule has 1 aromatic heterocycles. The number of halogens is 3. The molecule has 0 atom stereocenters. The lowest BCUT2D eigenvalue weighted by atomic mass is 10.1. The number of nitro benzene ring substituents is 1. The molecule has 3 aromatic rings. The summed E-state index contributed by atoms with van der Waals surface area (Å²) in [6.07, 6.45) is -4.67. The summed E-state index contributed by atoms with van der Waals surface area (Å²) >= 11 is 0. The smallest absolute Gasteiger partial charge is 0.416 e. The first-order valence-electron chi connectivity index (χ1n) is 9.12. The second-order valence-corrected chi connectivity index (χ2v) is 6.89. The van der Waals surface area contributed by atoms with E-state index in [9.17, 15) is 28.1 Å². The molecule has 1 saturated heterocycles. The third-order valence-corrected chi connectivity index (χ3v) is 5.04. The van der Waals surface area contributed by atoms with Crippen LogP contribution in [0.2, 0.25) is 0 Å². The van der Waals surface area contributed by atoms with Gasteiger partial charge in [0.05, 0.1) is 10.5 Å². The molecule has 0 N–H and O–H groups in total. The molecule has 0 aliphatic carbocycles. The van der Waals surface area contributed by atoms with Crippen molar-refractivity contribution in [2.45, 2.75) is 6.18 Å². The summed E-state index contributed by atoms with van der Waals surface area (Å²) in [6.45, 7) is 1.01. The van der Waals surface area contributed by atoms with E-state index in [0.29, 0.717) is 11.6 Å². The van der Waals surface area contributed by atoms with E-state index in [1.807, 2.05) is 12.1 Å². The van der Waals surface area contributed by atoms with E-state index in [1.165, 1.54) is 0 Å². The number of furan rings is 1. The third kappa shape index (κ3) is 3.68. The van der Waals surface area contributed by atoms with Gasteiger partial charge in [0.2, 0.25) is 0 Å². The van der Waals surface area contributed by atoms with Gasteiger partial charge in [0.15, 0.2) is 5.76 Å². The second-order valence-electron chi connectivity index (χ2n) is 6.89. The first-order valence-corrected chi connectivity index (χ1v) is 9.12. The summed E-state index contributed by atoms with van der Waals surface area (Å²) in [4.78, 5) is 26.4. The van der Waals surface area contributed by atoms with Gasteiger partial charge in [-0.05, 0) is 24.3 Å². The Bertz CT molecular complexity index is 1080. The Morgan fingerprint density at radius 3 is 2.37 bits per heavy atom. The molecule has 7 nitrogen and oxygen atoms in total. The molecule has 30 heavy (non-hydrogen) atoms. The average molecular weight is 419 g/mol. The van der Waals surface area contributed by atoms with Crippen LogP contribution in [0.5, 0.6) is 0 Å². The quantitative estimate of drug-likeness (QED) is 0.467. The van der Waals surface area contributed by atoms with E-state index in [-0.39, 0.29) is 43.5 Å². The summed E-state index contributed by atoms with van der Waals surface area (Å²) in [5.41, 5.74) is -0.984. The minimum Gasteiger partial charge on any atom is -0.451 e. The van der Waals surface area contributed by atoms with E-state index in [2.05, 4.69) is 0 Å². The lowest BCUT2D eigenvalue weighted by molar-refractivity contribution is -0.384. The largest absolute Gasteiger partial charge is 0.451 e. The molecule has 0 bridgehead atoms. The molecule has 2 aromatic carbocycles. The highest BCUT2D eigenvalue weighted by molar-refractivity contribution is 5.96. The van der Waals surface area contributed by atoms with Gasteiger partial charge in [0, 0.05) is 37.6 Å². The van der Waals surface area contributed by atoms with Crippen LogP contribution in [0.1, 0.15) is 16.1 Å². The molecule has 0 saturated carbocycles. The molecular formula is C20H16F3N3O4. The van der Waals surface area contributed by atoms with Gasteiger partial charge in [-0.25, -0.2) is 0 Å². The van der Waals surface area contributed by atoms with E-state index in [4.69, 9.17) is 4.42 Å². The van der Waals surface area contributed by atoms with Gasteiger partial charge in [-0.3, -0.25) is 14.9 Å². The van der Waals surface area contributed by atoms with E-state index >= 15 is 0 Å². The van der Waals surface area contributed by atoms with Gasteiger partial charge in [0.25, 0.3) is 11.6 Å². The van der Waals surface area contributed by atoms with Gasteiger partial charge in [0.1, 0.15) is 11.3 Å². The summed E-state index contributed by atoms with van der Waals surface area (Å²) in [5.74, 6) is -0.0991. The fraction of sp³-hybridized carbons (Fsp3) is 0.250. The van der Waals surface area contributed by atoms with Gasteiger partial charge in [-0.2, -0.15) is 13.2 Å². The number of benzene rings is 2. The third-order valence-electron chi connectivity index (χ3n) is 5.04. The van der Waals surface area contributed by atoms with Crippen molar-refractivity contribution in [1.82, 2.24) is 4.90 Å². The molecule has 1 aliphatic heterocycles. The number of fused-ring (bicyclic) bond motifs is 1. The highest BCUT2D eigenvalue weighted by atomic mass is 19.4. The van der Waals surface area contributed by atoms with Crippen LogP contribution >= 0.6 is 0 Å². The Morgan fingerprint density at radius 1 is 1.03 bits per heavy atom. The molecule has 1 amide bonds. The Kier molecular flexibility index (Phi) is 4.84. The number of carbonyl (C=O) groups is 1. The standard InChI is InChI=1S/C20H16F3N3O4/c21-20(22,23)14-5-6-15(16(12-14)26(28)29)24-7-9-25(10-8-24)19(27)18-11-13-3-1-2-4-17(13)30-18/h1-6,11-12H,7-10H2. The van der Waals surface area contributed by atoms with Crippen molar-refractivity contribution in [2.24, 2.45) is 0 Å². The number of para-hydroxylation sites is 1. The van der Waals surface area contributed by atoms with Crippen LogP contribution in [0, 0.1) is 10.1 Å². The molecule has 4 rings (SSSR count). The van der Waals surface area contributed by atoms with E-state index < -0.39 is 22.4 Å². The maximum absolute atomic E-state index is 12.9. The number of piperazine rings is 1. The van der Waals surface area contributed by atoms with Crippen molar-refractivity contribution in [2.75, 3.05) is 31.1 Å². The molecule has 0 radical (unpaired) electrons. The second kappa shape index (κ2) is 7.36. The van der Waals surface area contributed by atoms with Crippen LogP contribution in [0.25, 0.3) is 11.0 Å². The monoisotopic (exact) mass is 419 g/mol. The van der Waals surface area contributed by atoms with Gasteiger partial charge >= 0.3 is 6.18 Å². The highest BCUT2D eigenvalue weighted by Crippen LogP contribution is 2.36. The van der Waals surface area contributed by atoms with Crippen LogP contribution in [-0.4, -0.2) is 41.9 Å². The van der Waals surface area contributed by atoms with Crippen LogP contribution in [-0.2, 0) is 6.18 Å². The minimum atomic E-state index is -4.67. The van der Waals surface area contributed by atoms with Crippen molar-refractivity contribution >= 4 is 28.3 Å². The molecular weight excluding hydrogens is 403 g/mol. The number of rotatable bonds is 3. The molecule has 10 heteroatoms. The van der Waals surface area contributed by atoms with E-state index in [1.54, 1.807) is 28.0 Å². The maximum Gasteiger partial charge on any atom is 0.416 e. The fourth-order valence-corrected chi connectivity index (χ4v) is 3.51. The van der Waals surface area contributed by atoms with Crippen LogP contribution in [0.15, 0.2) is 52.9 Å². The number of carbonyl (C=O) groups excluding carboxylic acids is 1. The molecule has 0 unspecified atom stereocenters. The number of hydrogen-bond acceptors (Lipinski definition) is 5. The zero-order valence-corrected chi connectivity index (χ0v) is 15.6. The summed E-state index contributed by atoms with van der Waals surface area (Å²) < 4.78 is 44.3. The van der Waals surface area contributed by atoms with Crippen LogP contribution in [0.4, 0.5) is 24.5 Å². The highest BCUT2D eigenvalue weighted by Gasteiger charge is 2.34. The van der Waals surface area contributed by atoms with Gasteiger partial charge in [-0.15, -0.1) is 0 Å². The maximum atomic E-state index is 12.9. The minimum absolute atomic E-state index is 0.101. The number of alkyl halides is 3. The molecule has 1 fully saturated rings. The molecule has 156 valence electrons. The summed E-state index contributed by atoms with van der Waals surface area (Å²) in [7, 11) is 0. The Morgan fingerprint density at radius 2 is 1.73 bits per heavy atom. The SMILES string of the molecule is O=C(c1cc2ccccc2o1)N1CCN(c2ccc(C(F)(F)F)cc2[N+](=O)[O-])CC1. The summed E-state index contributed by atoms with van der Waals surface area (Å²) in [5, 5.41) is 12.1. The number of anilines is 1. The van der Waals surface area contributed by atoms with Crippen LogP contribution in [0.3, 0.4) is 0 Å². The number of nitrogens with zero attached hydrogens (tertiary/aromatic N) is 3. The summed E-state index contributed by atoms with van der Waals surface area (Å²) in [6, 6.07) is 11.4. The first kappa shape index (κ1) is 19.7. The number of nitro groups is 1. The normalized spacial score (nSPS) is 14.9. The Balaban J connectivity index is 1.50. The van der Waals surface area contributed by atoms with Crippen molar-refractivity contribution in [1.29, 1.82) is 0 Å². The average Bonchev–Trinajstić information content (AvgIpc) is 3.16. The van der Waals surface area contributed by atoms with Crippen molar-refractivity contribution < 1.29 is 27.3 Å². The first-order chi connectivity index (χ1) is 14.2. The Labute approximate surface area is 168 Å². The predicted octanol–water partition coefficient (Wildman–Crippen LogP) is 4.32. The van der Waals surface area contributed by atoms with Crippen molar-refractivity contribution in [3.8, 4) is 0 Å². The Hall–Kier alpha value is -3.56. The number of amides is 1. The van der Waals surface area contributed by atoms with Crippen LogP contribution < -0.4 is 4.90 Å². The van der Waals surface area contributed by atoms with Crippen molar-refractivity contribution in [3.63, 3.8) is 0 Å². The molecule has 1 aliphatic rings. The fourth-order valence-electron chi connectivity index (χ4n) is 3.51. The van der Waals surface area contributed by atoms with Crippen molar-refractivity contribution in [3.05, 3.63) is 70.0 Å². The lowest BCUT2D eigenvalue weighted by Gasteiger charge is -2.35. The zero-order valence-electron chi connectivity index (χ0n) is 15.6. The number of hydrogen-bond donors (Lipinski definition) is 0. The lowest BCUT2D eigenvalue weighted by Crippen LogP contribution is -2.48. The van der Waals surface area contributed by atoms with Gasteiger partial charge in [-0.1, -0.05) is 18.2 Å². The zero-order chi connectivity index (χ0) is 21.5. The molecule has 0 spiro atoms. The predicted molar refractivity (Wildman–Crippen MR) is 102 cm³/mol. The van der Waals surface area contributed by atoms with Gasteiger partial charge < -0.3 is 14.2 Å². The molecule has 2 heterocycles. The van der Waals surface area contributed by atoms with E-state index in [0.717, 1.165) is 17.5 Å². The topological polar surface area (TPSA) is 79.8 Å².